The van der Waals surface area contributed by atoms with Crippen LogP contribution in [-0.2, 0) is 26.2 Å². The molecule has 0 fully saturated rings. The molecule has 1 aliphatic heterocycles. The van der Waals surface area contributed by atoms with Gasteiger partial charge in [-0.3, -0.25) is 13.9 Å². The lowest BCUT2D eigenvalue weighted by Gasteiger charge is -2.29. The van der Waals surface area contributed by atoms with E-state index in [1.165, 1.54) is 4.31 Å². The standard InChI is InChI=1S/C26H29N3O4S/c1-3-27-26(31)19(2)28(18-20-10-5-4-6-11-20)24(30)16-9-17-29-22-14-7-12-21-13-8-15-23(25(21)22)34(29,32)33/h4-8,10-15,19H,3,9,16-18H2,1-2H3,(H,27,31)/t19-/m0/s1. The number of sulfonamides is 1. The van der Waals surface area contributed by atoms with Crippen molar-refractivity contribution in [3.05, 3.63) is 72.3 Å². The van der Waals surface area contributed by atoms with Gasteiger partial charge in [0.15, 0.2) is 0 Å². The summed E-state index contributed by atoms with van der Waals surface area (Å²) in [5, 5.41) is 4.38. The third-order valence-corrected chi connectivity index (χ3v) is 8.00. The molecule has 0 unspecified atom stereocenters. The van der Waals surface area contributed by atoms with Gasteiger partial charge in [-0.2, -0.15) is 0 Å². The summed E-state index contributed by atoms with van der Waals surface area (Å²) in [6, 6.07) is 19.7. The second-order valence-electron chi connectivity index (χ2n) is 8.39. The smallest absolute Gasteiger partial charge is 0.265 e. The molecule has 7 nitrogen and oxygen atoms in total. The highest BCUT2D eigenvalue weighted by Gasteiger charge is 2.35. The van der Waals surface area contributed by atoms with Crippen LogP contribution in [0.1, 0.15) is 32.3 Å². The summed E-state index contributed by atoms with van der Waals surface area (Å²) < 4.78 is 27.7. The van der Waals surface area contributed by atoms with Crippen LogP contribution in [-0.4, -0.2) is 44.3 Å². The van der Waals surface area contributed by atoms with Gasteiger partial charge in [-0.1, -0.05) is 54.6 Å². The van der Waals surface area contributed by atoms with Gasteiger partial charge in [-0.05, 0) is 43.4 Å². The number of nitrogens with one attached hydrogen (secondary N) is 1. The van der Waals surface area contributed by atoms with Crippen molar-refractivity contribution in [1.82, 2.24) is 10.2 Å². The van der Waals surface area contributed by atoms with Crippen LogP contribution in [0.25, 0.3) is 10.8 Å². The zero-order valence-corrected chi connectivity index (χ0v) is 20.2. The largest absolute Gasteiger partial charge is 0.355 e. The van der Waals surface area contributed by atoms with Gasteiger partial charge < -0.3 is 10.2 Å². The molecule has 0 aliphatic carbocycles. The lowest BCUT2D eigenvalue weighted by atomic mass is 10.1. The van der Waals surface area contributed by atoms with Gasteiger partial charge in [0.2, 0.25) is 11.8 Å². The summed E-state index contributed by atoms with van der Waals surface area (Å²) in [5.41, 5.74) is 1.58. The summed E-state index contributed by atoms with van der Waals surface area (Å²) in [6.07, 6.45) is 0.477. The molecule has 0 spiro atoms. The molecule has 1 atom stereocenters. The Morgan fingerprint density at radius 1 is 1.00 bits per heavy atom. The summed E-state index contributed by atoms with van der Waals surface area (Å²) in [6.45, 7) is 4.54. The Morgan fingerprint density at radius 3 is 2.41 bits per heavy atom. The van der Waals surface area contributed by atoms with Crippen LogP contribution in [0.3, 0.4) is 0 Å². The van der Waals surface area contributed by atoms with Crippen LogP contribution in [0.4, 0.5) is 5.69 Å². The van der Waals surface area contributed by atoms with Crippen molar-refractivity contribution in [1.29, 1.82) is 0 Å². The molecule has 0 saturated carbocycles. The van der Waals surface area contributed by atoms with E-state index in [1.54, 1.807) is 30.0 Å². The first kappa shape index (κ1) is 23.8. The Bertz CT molecular complexity index is 1300. The number of rotatable bonds is 9. The number of hydrogen-bond donors (Lipinski definition) is 1. The SMILES string of the molecule is CCNC(=O)[C@H](C)N(Cc1ccccc1)C(=O)CCCN1c2cccc3cccc(c23)S1(=O)=O. The van der Waals surface area contributed by atoms with Gasteiger partial charge >= 0.3 is 0 Å². The van der Waals surface area contributed by atoms with Crippen molar-refractivity contribution < 1.29 is 18.0 Å². The number of likely N-dealkylation sites (N-methyl/N-ethyl adjacent to an activating group) is 1. The van der Waals surface area contributed by atoms with Crippen molar-refractivity contribution in [3.8, 4) is 0 Å². The second-order valence-corrected chi connectivity index (χ2v) is 10.2. The van der Waals surface area contributed by atoms with Gasteiger partial charge in [0.1, 0.15) is 6.04 Å². The summed E-state index contributed by atoms with van der Waals surface area (Å²) in [7, 11) is -3.66. The van der Waals surface area contributed by atoms with Gasteiger partial charge in [0, 0.05) is 31.4 Å². The van der Waals surface area contributed by atoms with Crippen molar-refractivity contribution in [2.75, 3.05) is 17.4 Å². The average molecular weight is 480 g/mol. The Balaban J connectivity index is 1.49. The molecule has 34 heavy (non-hydrogen) atoms. The fourth-order valence-corrected chi connectivity index (χ4v) is 6.15. The van der Waals surface area contributed by atoms with E-state index in [4.69, 9.17) is 0 Å². The highest BCUT2D eigenvalue weighted by Crippen LogP contribution is 2.42. The van der Waals surface area contributed by atoms with Crippen LogP contribution in [0.15, 0.2) is 71.6 Å². The molecular weight excluding hydrogens is 450 g/mol. The quantitative estimate of drug-likeness (QED) is 0.507. The molecule has 0 radical (unpaired) electrons. The highest BCUT2D eigenvalue weighted by atomic mass is 32.2. The predicted octanol–water partition coefficient (Wildman–Crippen LogP) is 3.68. The van der Waals surface area contributed by atoms with E-state index in [9.17, 15) is 18.0 Å². The molecular formula is C26H29N3O4S. The number of carbonyl (C=O) groups excluding carboxylic acids is 2. The summed E-state index contributed by atoms with van der Waals surface area (Å²) in [4.78, 5) is 27.6. The van der Waals surface area contributed by atoms with Gasteiger partial charge in [0.25, 0.3) is 10.0 Å². The Hall–Kier alpha value is -3.39. The van der Waals surface area contributed by atoms with Gasteiger partial charge in [-0.25, -0.2) is 8.42 Å². The third-order valence-electron chi connectivity index (χ3n) is 6.15. The van der Waals surface area contributed by atoms with E-state index in [0.717, 1.165) is 16.3 Å². The zero-order valence-electron chi connectivity index (χ0n) is 19.4. The zero-order chi connectivity index (χ0) is 24.3. The highest BCUT2D eigenvalue weighted by molar-refractivity contribution is 7.93. The maximum Gasteiger partial charge on any atom is 0.265 e. The van der Waals surface area contributed by atoms with Crippen LogP contribution >= 0.6 is 0 Å². The molecule has 3 aromatic carbocycles. The molecule has 2 amide bonds. The average Bonchev–Trinajstić information content (AvgIpc) is 3.06. The Labute approximate surface area is 200 Å². The van der Waals surface area contributed by atoms with Crippen molar-refractivity contribution in [2.45, 2.75) is 44.2 Å². The first-order valence-corrected chi connectivity index (χ1v) is 12.9. The second kappa shape index (κ2) is 9.85. The summed E-state index contributed by atoms with van der Waals surface area (Å²) >= 11 is 0. The number of anilines is 1. The van der Waals surface area contributed by atoms with Crippen LogP contribution in [0.2, 0.25) is 0 Å². The maximum absolute atomic E-state index is 13.2. The number of carbonyl (C=O) groups is 2. The molecule has 1 aliphatic rings. The number of amides is 2. The Morgan fingerprint density at radius 2 is 1.71 bits per heavy atom. The lowest BCUT2D eigenvalue weighted by molar-refractivity contribution is -0.140. The van der Waals surface area contributed by atoms with Crippen molar-refractivity contribution in [3.63, 3.8) is 0 Å². The molecule has 8 heteroatoms. The van der Waals surface area contributed by atoms with E-state index >= 15 is 0 Å². The minimum Gasteiger partial charge on any atom is -0.355 e. The predicted molar refractivity (Wildman–Crippen MR) is 133 cm³/mol. The normalized spacial score (nSPS) is 14.7. The monoisotopic (exact) mass is 479 g/mol. The van der Waals surface area contributed by atoms with Gasteiger partial charge in [0.05, 0.1) is 10.6 Å². The van der Waals surface area contributed by atoms with Gasteiger partial charge in [-0.15, -0.1) is 0 Å². The molecule has 0 bridgehead atoms. The molecule has 4 rings (SSSR count). The minimum atomic E-state index is -3.66. The molecule has 178 valence electrons. The van der Waals surface area contributed by atoms with Crippen LogP contribution < -0.4 is 9.62 Å². The van der Waals surface area contributed by atoms with E-state index < -0.39 is 16.1 Å². The number of nitrogens with zero attached hydrogens (tertiary/aromatic N) is 2. The molecule has 0 aromatic heterocycles. The van der Waals surface area contributed by atoms with E-state index in [1.807, 2.05) is 55.5 Å². The van der Waals surface area contributed by atoms with Crippen molar-refractivity contribution >= 4 is 38.3 Å². The fraction of sp³-hybridized carbons (Fsp3) is 0.308. The number of hydrogen-bond acceptors (Lipinski definition) is 4. The molecule has 3 aromatic rings. The van der Waals surface area contributed by atoms with E-state index in [2.05, 4.69) is 5.32 Å². The minimum absolute atomic E-state index is 0.134. The van der Waals surface area contributed by atoms with Crippen LogP contribution in [0, 0.1) is 0 Å². The molecule has 1 N–H and O–H groups in total. The maximum atomic E-state index is 13.2. The molecule has 1 heterocycles. The lowest BCUT2D eigenvalue weighted by Crippen LogP contribution is -2.47. The van der Waals surface area contributed by atoms with Crippen LogP contribution in [0.5, 0.6) is 0 Å². The first-order valence-electron chi connectivity index (χ1n) is 11.5. The molecule has 0 saturated heterocycles. The number of benzene rings is 3. The fourth-order valence-electron chi connectivity index (χ4n) is 4.40. The summed E-state index contributed by atoms with van der Waals surface area (Å²) in [5.74, 6) is -0.397. The van der Waals surface area contributed by atoms with E-state index in [-0.39, 0.29) is 24.8 Å². The first-order chi connectivity index (χ1) is 16.3. The Kier molecular flexibility index (Phi) is 6.88. The van der Waals surface area contributed by atoms with E-state index in [0.29, 0.717) is 30.1 Å². The van der Waals surface area contributed by atoms with Crippen molar-refractivity contribution in [2.24, 2.45) is 0 Å². The topological polar surface area (TPSA) is 86.8 Å². The third kappa shape index (κ3) is 4.50.